The molecule has 1 atom stereocenters. The molecule has 0 spiro atoms. The maximum atomic E-state index is 13.8. The topological polar surface area (TPSA) is 37.3 Å². The summed E-state index contributed by atoms with van der Waals surface area (Å²) in [6.07, 6.45) is -0.187. The van der Waals surface area contributed by atoms with Gasteiger partial charge in [-0.3, -0.25) is 0 Å². The monoisotopic (exact) mass is 200 g/mol. The van der Waals surface area contributed by atoms with Crippen LogP contribution in [0.4, 0.5) is 8.78 Å². The van der Waals surface area contributed by atoms with Crippen molar-refractivity contribution in [2.24, 2.45) is 0 Å². The molecule has 0 aliphatic heterocycles. The van der Waals surface area contributed by atoms with E-state index in [4.69, 9.17) is 5.11 Å². The lowest BCUT2D eigenvalue weighted by Crippen LogP contribution is -2.29. The lowest BCUT2D eigenvalue weighted by Gasteiger charge is -2.18. The largest absolute Gasteiger partial charge is 0.479 e. The van der Waals surface area contributed by atoms with Gasteiger partial charge in [-0.2, -0.15) is 0 Å². The fourth-order valence-electron chi connectivity index (χ4n) is 1.19. The number of carbonyl (C=O) groups is 1. The van der Waals surface area contributed by atoms with Crippen LogP contribution in [0.3, 0.4) is 0 Å². The molecule has 1 unspecified atom stereocenters. The van der Waals surface area contributed by atoms with Crippen LogP contribution < -0.4 is 0 Å². The summed E-state index contributed by atoms with van der Waals surface area (Å²) in [5, 5.41) is 8.69. The molecule has 0 bridgehead atoms. The van der Waals surface area contributed by atoms with Crippen LogP contribution in [0.2, 0.25) is 0 Å². The Hall–Kier alpha value is -1.45. The number of benzene rings is 1. The lowest BCUT2D eigenvalue weighted by molar-refractivity contribution is -0.151. The second-order valence-corrected chi connectivity index (χ2v) is 2.97. The summed E-state index contributed by atoms with van der Waals surface area (Å²) >= 11 is 0. The summed E-state index contributed by atoms with van der Waals surface area (Å²) < 4.78 is 26.3. The zero-order valence-electron chi connectivity index (χ0n) is 7.63. The minimum atomic E-state index is -2.42. The number of halogens is 2. The molecule has 2 nitrogen and oxygen atoms in total. The van der Waals surface area contributed by atoms with Gasteiger partial charge in [-0.05, 0) is 18.6 Å². The van der Waals surface area contributed by atoms with Crippen molar-refractivity contribution in [3.8, 4) is 0 Å². The van der Waals surface area contributed by atoms with Crippen LogP contribution in [0.15, 0.2) is 24.3 Å². The van der Waals surface area contributed by atoms with Crippen LogP contribution in [0, 0.1) is 5.82 Å². The number of aliphatic carboxylic acids is 1. The van der Waals surface area contributed by atoms with Crippen molar-refractivity contribution >= 4 is 5.97 Å². The van der Waals surface area contributed by atoms with E-state index in [2.05, 4.69) is 0 Å². The zero-order valence-corrected chi connectivity index (χ0v) is 7.63. The molecule has 0 aromatic heterocycles. The second-order valence-electron chi connectivity index (χ2n) is 2.97. The average Bonchev–Trinajstić information content (AvgIpc) is 2.17. The van der Waals surface area contributed by atoms with Crippen molar-refractivity contribution in [1.29, 1.82) is 0 Å². The smallest absolute Gasteiger partial charge is 0.346 e. The SMILES string of the molecule is CCC(F)(C(=O)O)c1ccc(F)cc1. The maximum absolute atomic E-state index is 13.8. The molecular weight excluding hydrogens is 190 g/mol. The molecule has 0 aliphatic carbocycles. The van der Waals surface area contributed by atoms with Crippen molar-refractivity contribution in [3.63, 3.8) is 0 Å². The number of carboxylic acids is 1. The fourth-order valence-corrected chi connectivity index (χ4v) is 1.19. The highest BCUT2D eigenvalue weighted by atomic mass is 19.1. The standard InChI is InChI=1S/C10H10F2O2/c1-2-10(12,9(13)14)7-3-5-8(11)6-4-7/h3-6H,2H2,1H3,(H,13,14). The molecule has 1 rings (SSSR count). The van der Waals surface area contributed by atoms with Gasteiger partial charge in [-0.25, -0.2) is 13.6 Å². The maximum Gasteiger partial charge on any atom is 0.346 e. The Balaban J connectivity index is 3.13. The molecule has 0 aliphatic rings. The quantitative estimate of drug-likeness (QED) is 0.813. The van der Waals surface area contributed by atoms with Gasteiger partial charge in [0, 0.05) is 5.56 Å². The third kappa shape index (κ3) is 1.73. The summed E-state index contributed by atoms with van der Waals surface area (Å²) in [7, 11) is 0. The zero-order chi connectivity index (χ0) is 10.8. The third-order valence-corrected chi connectivity index (χ3v) is 2.13. The van der Waals surface area contributed by atoms with E-state index in [-0.39, 0.29) is 12.0 Å². The van der Waals surface area contributed by atoms with Crippen molar-refractivity contribution in [2.45, 2.75) is 19.0 Å². The molecule has 76 valence electrons. The van der Waals surface area contributed by atoms with Crippen LogP contribution >= 0.6 is 0 Å². The highest BCUT2D eigenvalue weighted by Crippen LogP contribution is 2.29. The minimum Gasteiger partial charge on any atom is -0.479 e. The number of alkyl halides is 1. The molecule has 1 aromatic rings. The normalized spacial score (nSPS) is 14.8. The van der Waals surface area contributed by atoms with E-state index < -0.39 is 17.5 Å². The van der Waals surface area contributed by atoms with Crippen LogP contribution in [0.1, 0.15) is 18.9 Å². The Morgan fingerprint density at radius 1 is 1.43 bits per heavy atom. The van der Waals surface area contributed by atoms with Crippen LogP contribution in [-0.2, 0) is 10.5 Å². The molecule has 1 aromatic carbocycles. The van der Waals surface area contributed by atoms with E-state index in [1.807, 2.05) is 0 Å². The lowest BCUT2D eigenvalue weighted by atomic mass is 9.93. The van der Waals surface area contributed by atoms with E-state index in [0.29, 0.717) is 0 Å². The van der Waals surface area contributed by atoms with Crippen LogP contribution in [-0.4, -0.2) is 11.1 Å². The van der Waals surface area contributed by atoms with Gasteiger partial charge >= 0.3 is 5.97 Å². The van der Waals surface area contributed by atoms with E-state index >= 15 is 0 Å². The van der Waals surface area contributed by atoms with Crippen molar-refractivity contribution < 1.29 is 18.7 Å². The summed E-state index contributed by atoms with van der Waals surface area (Å²) in [5.41, 5.74) is -2.46. The van der Waals surface area contributed by atoms with Crippen molar-refractivity contribution in [3.05, 3.63) is 35.6 Å². The summed E-state index contributed by atoms with van der Waals surface area (Å²) in [5.74, 6) is -2.07. The van der Waals surface area contributed by atoms with Crippen LogP contribution in [0.5, 0.6) is 0 Å². The van der Waals surface area contributed by atoms with Gasteiger partial charge in [0.05, 0.1) is 0 Å². The van der Waals surface area contributed by atoms with Gasteiger partial charge < -0.3 is 5.11 Å². The molecule has 0 amide bonds. The Morgan fingerprint density at radius 2 is 1.93 bits per heavy atom. The first kappa shape index (κ1) is 10.6. The number of hydrogen-bond donors (Lipinski definition) is 1. The van der Waals surface area contributed by atoms with E-state index in [0.717, 1.165) is 24.3 Å². The number of hydrogen-bond acceptors (Lipinski definition) is 1. The van der Waals surface area contributed by atoms with Gasteiger partial charge in [-0.1, -0.05) is 19.1 Å². The molecule has 0 fully saturated rings. The second kappa shape index (κ2) is 3.74. The predicted molar refractivity (Wildman–Crippen MR) is 47.1 cm³/mol. The summed E-state index contributed by atoms with van der Waals surface area (Å²) in [6, 6.07) is 4.38. The number of rotatable bonds is 3. The van der Waals surface area contributed by atoms with E-state index in [1.54, 1.807) is 0 Å². The first-order chi connectivity index (χ1) is 6.50. The molecule has 0 heterocycles. The highest BCUT2D eigenvalue weighted by Gasteiger charge is 2.38. The first-order valence-electron chi connectivity index (χ1n) is 4.19. The van der Waals surface area contributed by atoms with Gasteiger partial charge in [0.15, 0.2) is 0 Å². The van der Waals surface area contributed by atoms with Gasteiger partial charge in [0.1, 0.15) is 5.82 Å². The Kier molecular flexibility index (Phi) is 2.84. The molecule has 0 radical (unpaired) electrons. The molecule has 0 saturated heterocycles. The Labute approximate surface area is 80.2 Å². The van der Waals surface area contributed by atoms with Gasteiger partial charge in [-0.15, -0.1) is 0 Å². The molecule has 4 heteroatoms. The molecular formula is C10H10F2O2. The molecule has 0 saturated carbocycles. The summed E-state index contributed by atoms with van der Waals surface area (Å²) in [6.45, 7) is 1.43. The van der Waals surface area contributed by atoms with Crippen molar-refractivity contribution in [1.82, 2.24) is 0 Å². The van der Waals surface area contributed by atoms with Crippen LogP contribution in [0.25, 0.3) is 0 Å². The fraction of sp³-hybridized carbons (Fsp3) is 0.300. The van der Waals surface area contributed by atoms with Gasteiger partial charge in [0.25, 0.3) is 0 Å². The van der Waals surface area contributed by atoms with Crippen molar-refractivity contribution in [2.75, 3.05) is 0 Å². The van der Waals surface area contributed by atoms with Gasteiger partial charge in [0.2, 0.25) is 5.67 Å². The summed E-state index contributed by atoms with van der Waals surface area (Å²) in [4.78, 5) is 10.7. The minimum absolute atomic E-state index is 0.0334. The predicted octanol–water partition coefficient (Wildman–Crippen LogP) is 2.49. The molecule has 1 N–H and O–H groups in total. The molecule has 14 heavy (non-hydrogen) atoms. The van der Waals surface area contributed by atoms with E-state index in [9.17, 15) is 13.6 Å². The first-order valence-corrected chi connectivity index (χ1v) is 4.19. The Bertz CT molecular complexity index is 334. The Morgan fingerprint density at radius 3 is 2.29 bits per heavy atom. The average molecular weight is 200 g/mol. The number of carboxylic acid groups (broad SMARTS) is 1. The third-order valence-electron chi connectivity index (χ3n) is 2.13. The van der Waals surface area contributed by atoms with E-state index in [1.165, 1.54) is 6.92 Å². The highest BCUT2D eigenvalue weighted by molar-refractivity contribution is 5.79.